The molecule has 2 aromatic heterocycles. The van der Waals surface area contributed by atoms with Gasteiger partial charge in [-0.05, 0) is 73.9 Å². The van der Waals surface area contributed by atoms with Gasteiger partial charge in [-0.2, -0.15) is 28.2 Å². The van der Waals surface area contributed by atoms with Gasteiger partial charge in [-0.1, -0.05) is 12.1 Å². The summed E-state index contributed by atoms with van der Waals surface area (Å²) < 4.78 is 84.5. The number of ether oxygens (including phenoxy) is 2. The zero-order valence-electron chi connectivity index (χ0n) is 26.2. The van der Waals surface area contributed by atoms with Crippen LogP contribution in [0.1, 0.15) is 43.5 Å². The van der Waals surface area contributed by atoms with Gasteiger partial charge in [0, 0.05) is 43.5 Å². The molecular formula is C33H34F5N7O3. The minimum Gasteiger partial charge on any atom is -0.465 e. The van der Waals surface area contributed by atoms with Crippen molar-refractivity contribution in [3.05, 3.63) is 77.6 Å². The molecule has 2 fully saturated rings. The SMILES string of the molecule is CCOC(=O)[C@@H]1CC2(CCN(c3cc(O[C@H](c4ccc(-c5cc(F)cc(F)c5)cc4-n4ccc(C)n4)C(F)(F)F)nc(N)n3)CC2)CN1. The third-order valence-corrected chi connectivity index (χ3v) is 8.80. The van der Waals surface area contributed by atoms with Crippen LogP contribution in [0.5, 0.6) is 5.88 Å². The molecule has 4 heterocycles. The molecule has 6 rings (SSSR count). The van der Waals surface area contributed by atoms with Crippen molar-refractivity contribution in [2.75, 3.05) is 36.9 Å². The van der Waals surface area contributed by atoms with Crippen LogP contribution in [-0.2, 0) is 9.53 Å². The van der Waals surface area contributed by atoms with E-state index in [1.807, 2.05) is 4.90 Å². The van der Waals surface area contributed by atoms with Crippen LogP contribution in [0, 0.1) is 24.0 Å². The first-order valence-corrected chi connectivity index (χ1v) is 15.5. The lowest BCUT2D eigenvalue weighted by atomic mass is 9.76. The van der Waals surface area contributed by atoms with Gasteiger partial charge in [0.2, 0.25) is 17.9 Å². The number of aromatic nitrogens is 4. The number of carbonyl (C=O) groups is 1. The third-order valence-electron chi connectivity index (χ3n) is 8.80. The molecule has 0 aliphatic carbocycles. The van der Waals surface area contributed by atoms with Crippen molar-refractivity contribution in [1.29, 1.82) is 0 Å². The predicted octanol–water partition coefficient (Wildman–Crippen LogP) is 5.69. The summed E-state index contributed by atoms with van der Waals surface area (Å²) in [4.78, 5) is 22.4. The van der Waals surface area contributed by atoms with Crippen LogP contribution in [0.4, 0.5) is 33.7 Å². The van der Waals surface area contributed by atoms with E-state index < -0.39 is 23.9 Å². The summed E-state index contributed by atoms with van der Waals surface area (Å²) in [6.45, 7) is 5.45. The molecule has 4 aromatic rings. The van der Waals surface area contributed by atoms with Gasteiger partial charge in [-0.15, -0.1) is 0 Å². The maximum Gasteiger partial charge on any atom is 0.429 e. The maximum atomic E-state index is 14.8. The molecule has 3 N–H and O–H groups in total. The fraction of sp³-hybridized carbons (Fsp3) is 0.394. The number of hydrogen-bond donors (Lipinski definition) is 2. The number of carbonyl (C=O) groups excluding carboxylic acids is 1. The first-order chi connectivity index (χ1) is 22.8. The van der Waals surface area contributed by atoms with Crippen molar-refractivity contribution in [3.63, 3.8) is 0 Å². The zero-order chi connectivity index (χ0) is 34.2. The molecule has 254 valence electrons. The second-order valence-corrected chi connectivity index (χ2v) is 12.2. The number of aryl methyl sites for hydroxylation is 1. The van der Waals surface area contributed by atoms with E-state index in [1.165, 1.54) is 35.1 Å². The lowest BCUT2D eigenvalue weighted by Gasteiger charge is -2.39. The summed E-state index contributed by atoms with van der Waals surface area (Å²) in [7, 11) is 0. The highest BCUT2D eigenvalue weighted by Crippen LogP contribution is 2.43. The molecule has 2 aliphatic heterocycles. The van der Waals surface area contributed by atoms with E-state index in [9.17, 15) is 26.7 Å². The minimum atomic E-state index is -4.92. The van der Waals surface area contributed by atoms with E-state index in [4.69, 9.17) is 15.2 Å². The molecule has 2 saturated heterocycles. The number of nitrogens with zero attached hydrogens (tertiary/aromatic N) is 5. The highest BCUT2D eigenvalue weighted by atomic mass is 19.4. The number of nitrogen functional groups attached to an aromatic ring is 1. The topological polar surface area (TPSA) is 120 Å². The monoisotopic (exact) mass is 671 g/mol. The number of piperidine rings is 1. The Morgan fingerprint density at radius 2 is 1.79 bits per heavy atom. The van der Waals surface area contributed by atoms with Crippen LogP contribution in [-0.4, -0.2) is 64.2 Å². The fourth-order valence-electron chi connectivity index (χ4n) is 6.41. The van der Waals surface area contributed by atoms with Gasteiger partial charge >= 0.3 is 12.1 Å². The lowest BCUT2D eigenvalue weighted by Crippen LogP contribution is -2.41. The second-order valence-electron chi connectivity index (χ2n) is 12.2. The highest BCUT2D eigenvalue weighted by Gasteiger charge is 2.46. The Balaban J connectivity index is 1.28. The van der Waals surface area contributed by atoms with Crippen LogP contribution in [0.15, 0.2) is 54.7 Å². The number of nitrogens with one attached hydrogen (secondary N) is 1. The summed E-state index contributed by atoms with van der Waals surface area (Å²) in [6, 6.07) is 9.34. The molecule has 2 aromatic carbocycles. The highest BCUT2D eigenvalue weighted by molar-refractivity contribution is 5.76. The molecular weight excluding hydrogens is 637 g/mol. The van der Waals surface area contributed by atoms with Crippen molar-refractivity contribution in [3.8, 4) is 22.7 Å². The van der Waals surface area contributed by atoms with Crippen LogP contribution in [0.2, 0.25) is 0 Å². The largest absolute Gasteiger partial charge is 0.465 e. The van der Waals surface area contributed by atoms with E-state index in [0.717, 1.165) is 25.0 Å². The van der Waals surface area contributed by atoms with Crippen LogP contribution in [0.25, 0.3) is 16.8 Å². The number of rotatable bonds is 8. The summed E-state index contributed by atoms with van der Waals surface area (Å²) >= 11 is 0. The lowest BCUT2D eigenvalue weighted by molar-refractivity contribution is -0.198. The van der Waals surface area contributed by atoms with Gasteiger partial charge in [-0.25, -0.2) is 13.5 Å². The van der Waals surface area contributed by atoms with Crippen molar-refractivity contribution in [2.45, 2.75) is 51.4 Å². The van der Waals surface area contributed by atoms with Crippen molar-refractivity contribution < 1.29 is 36.2 Å². The second kappa shape index (κ2) is 13.0. The van der Waals surface area contributed by atoms with Gasteiger partial charge in [0.15, 0.2) is 0 Å². The predicted molar refractivity (Wildman–Crippen MR) is 166 cm³/mol. The Kier molecular flexibility index (Phi) is 8.98. The number of hydrogen-bond acceptors (Lipinski definition) is 9. The van der Waals surface area contributed by atoms with Crippen LogP contribution in [0.3, 0.4) is 0 Å². The van der Waals surface area contributed by atoms with E-state index in [0.29, 0.717) is 50.2 Å². The molecule has 0 bridgehead atoms. The van der Waals surface area contributed by atoms with Gasteiger partial charge in [0.1, 0.15) is 23.5 Å². The molecule has 15 heteroatoms. The average Bonchev–Trinajstić information content (AvgIpc) is 3.65. The first-order valence-electron chi connectivity index (χ1n) is 15.5. The summed E-state index contributed by atoms with van der Waals surface area (Å²) in [5.41, 5.74) is 6.47. The van der Waals surface area contributed by atoms with Gasteiger partial charge in [0.25, 0.3) is 0 Å². The number of anilines is 2. The Labute approximate surface area is 273 Å². The average molecular weight is 672 g/mol. The van der Waals surface area contributed by atoms with Crippen LogP contribution < -0.4 is 20.7 Å². The Hall–Kier alpha value is -4.79. The molecule has 10 nitrogen and oxygen atoms in total. The smallest absolute Gasteiger partial charge is 0.429 e. The third kappa shape index (κ3) is 7.05. The van der Waals surface area contributed by atoms with E-state index in [2.05, 4.69) is 20.4 Å². The molecule has 0 unspecified atom stereocenters. The number of alkyl halides is 3. The fourth-order valence-corrected chi connectivity index (χ4v) is 6.41. The quantitative estimate of drug-likeness (QED) is 0.180. The van der Waals surface area contributed by atoms with Crippen LogP contribution >= 0.6 is 0 Å². The standard InChI is InChI=1S/C33H34F5N7O3/c1-3-47-30(46)25-17-32(18-40-25)7-10-44(11-8-32)27-16-28(42-31(39)41-27)48-29(33(36,37)38)24-5-4-20(21-12-22(34)15-23(35)13-21)14-26(24)45-9-6-19(2)43-45/h4-6,9,12-16,25,29,40H,3,7-8,10-11,17-18H2,1-2H3,(H2,39,41,42)/t25-,29+/m0/s1. The number of halogens is 5. The normalized spacial score (nSPS) is 18.2. The van der Waals surface area contributed by atoms with Gasteiger partial charge in [-0.3, -0.25) is 4.79 Å². The zero-order valence-corrected chi connectivity index (χ0v) is 26.2. The molecule has 1 spiro atoms. The van der Waals surface area contributed by atoms with E-state index >= 15 is 0 Å². The minimum absolute atomic E-state index is 0.0116. The molecule has 2 aliphatic rings. The van der Waals surface area contributed by atoms with Crippen molar-refractivity contribution in [1.82, 2.24) is 25.1 Å². The Morgan fingerprint density at radius 3 is 2.44 bits per heavy atom. The number of nitrogens with two attached hydrogens (primary N) is 1. The van der Waals surface area contributed by atoms with Gasteiger partial charge in [0.05, 0.1) is 18.0 Å². The summed E-state index contributed by atoms with van der Waals surface area (Å²) in [5, 5.41) is 7.55. The molecule has 2 atom stereocenters. The molecule has 0 saturated carbocycles. The van der Waals surface area contributed by atoms with Gasteiger partial charge < -0.3 is 25.4 Å². The summed E-state index contributed by atoms with van der Waals surface area (Å²) in [5.74, 6) is -2.27. The van der Waals surface area contributed by atoms with E-state index in [-0.39, 0.29) is 51.6 Å². The maximum absolute atomic E-state index is 14.8. The van der Waals surface area contributed by atoms with Crippen molar-refractivity contribution in [2.24, 2.45) is 5.41 Å². The van der Waals surface area contributed by atoms with E-state index in [1.54, 1.807) is 19.9 Å². The Bertz CT molecular complexity index is 1790. The molecule has 0 amide bonds. The molecule has 48 heavy (non-hydrogen) atoms. The first kappa shape index (κ1) is 33.1. The summed E-state index contributed by atoms with van der Waals surface area (Å²) in [6.07, 6.45) is -3.89. The van der Waals surface area contributed by atoms with Crippen molar-refractivity contribution >= 4 is 17.7 Å². The molecule has 0 radical (unpaired) electrons. The Morgan fingerprint density at radius 1 is 1.06 bits per heavy atom. The number of benzene rings is 2. The number of esters is 1.